The van der Waals surface area contributed by atoms with Gasteiger partial charge in [0, 0.05) is 29.4 Å². The van der Waals surface area contributed by atoms with E-state index in [1.165, 1.54) is 25.7 Å². The topological polar surface area (TPSA) is 80.1 Å². The average Bonchev–Trinajstić information content (AvgIpc) is 3.34. The molecule has 0 aliphatic heterocycles. The lowest BCUT2D eigenvalue weighted by molar-refractivity contribution is 0.103. The first kappa shape index (κ1) is 33.2. The first-order chi connectivity index (χ1) is 19.8. The second-order valence-corrected chi connectivity index (χ2v) is 12.2. The minimum Gasteiger partial charge on any atom is -0.494 e. The maximum absolute atomic E-state index is 13.9. The Morgan fingerprint density at radius 2 is 1.52 bits per heavy atom. The monoisotopic (exact) mass is 611 g/mol. The van der Waals surface area contributed by atoms with E-state index in [4.69, 9.17) is 4.74 Å². The van der Waals surface area contributed by atoms with Gasteiger partial charge in [0.25, 0.3) is 0 Å². The smallest absolute Gasteiger partial charge is 0.229 e. The number of fused-ring (bicyclic) bond motifs is 1. The number of aromatic nitrogens is 1. The van der Waals surface area contributed by atoms with Gasteiger partial charge in [0.2, 0.25) is 15.8 Å². The van der Waals surface area contributed by atoms with E-state index in [0.717, 1.165) is 49.2 Å². The summed E-state index contributed by atoms with van der Waals surface area (Å²) in [5.41, 5.74) is 3.92. The number of hydrogen-bond acceptors (Lipinski definition) is 5. The van der Waals surface area contributed by atoms with Crippen molar-refractivity contribution < 1.29 is 17.9 Å². The van der Waals surface area contributed by atoms with Gasteiger partial charge < -0.3 is 14.0 Å². The summed E-state index contributed by atoms with van der Waals surface area (Å²) in [7, 11) is -3.43. The summed E-state index contributed by atoms with van der Waals surface area (Å²) in [6, 6.07) is 22.3. The number of hydrogen-bond donors (Lipinski definition) is 1. The molecule has 0 spiro atoms. The van der Waals surface area contributed by atoms with Crippen molar-refractivity contribution in [2.45, 2.75) is 46.0 Å². The molecule has 9 heteroatoms. The summed E-state index contributed by atoms with van der Waals surface area (Å²) in [4.78, 5) is 16.4. The Hall–Kier alpha value is -3.33. The molecule has 4 rings (SSSR count). The maximum atomic E-state index is 13.9. The lowest BCUT2D eigenvalue weighted by Crippen LogP contribution is -2.28. The van der Waals surface area contributed by atoms with Crippen LogP contribution in [0.25, 0.3) is 16.6 Å². The molecule has 1 N–H and O–H groups in total. The van der Waals surface area contributed by atoms with Crippen LogP contribution in [0.15, 0.2) is 79.0 Å². The van der Waals surface area contributed by atoms with Gasteiger partial charge in [-0.3, -0.25) is 9.52 Å². The summed E-state index contributed by atoms with van der Waals surface area (Å²) in [5, 5.41) is 0. The molecule has 0 bridgehead atoms. The zero-order chi connectivity index (χ0) is 29.2. The highest BCUT2D eigenvalue weighted by molar-refractivity contribution is 7.92. The van der Waals surface area contributed by atoms with Crippen molar-refractivity contribution >= 4 is 39.4 Å². The standard InChI is InChI=1S/C33H41N3O4S.ClH/c1-4-6-19-35(20-7-5-2)21-11-23-40-30-16-14-27(15-17-30)33(37)32-31(26-12-9-8-10-13-26)25-29-24-28(18-22-36(29)32)34-41(3,38)39;/h8-10,12-18,22,24-25,34H,4-7,11,19-21,23H2,1-3H3;1H. The summed E-state index contributed by atoms with van der Waals surface area (Å²) < 4.78 is 33.8. The van der Waals surface area contributed by atoms with Gasteiger partial charge in [-0.05, 0) is 80.4 Å². The van der Waals surface area contributed by atoms with Gasteiger partial charge in [-0.2, -0.15) is 0 Å². The summed E-state index contributed by atoms with van der Waals surface area (Å²) in [5.74, 6) is 0.622. The van der Waals surface area contributed by atoms with Gasteiger partial charge in [0.1, 0.15) is 11.4 Å². The molecule has 2 heterocycles. The number of benzene rings is 2. The Bertz CT molecular complexity index is 1530. The summed E-state index contributed by atoms with van der Waals surface area (Å²) >= 11 is 0. The molecule has 0 saturated heterocycles. The van der Waals surface area contributed by atoms with E-state index in [1.54, 1.807) is 30.5 Å². The van der Waals surface area contributed by atoms with Gasteiger partial charge in [-0.15, -0.1) is 12.4 Å². The number of carbonyl (C=O) groups excluding carboxylic acids is 1. The molecule has 0 atom stereocenters. The number of halogens is 1. The molecule has 0 saturated carbocycles. The van der Waals surface area contributed by atoms with Crippen molar-refractivity contribution in [3.8, 4) is 16.9 Å². The summed E-state index contributed by atoms with van der Waals surface area (Å²) in [6.45, 7) is 8.40. The number of nitrogens with one attached hydrogen (secondary N) is 1. The molecule has 0 aliphatic rings. The zero-order valence-electron chi connectivity index (χ0n) is 24.7. The highest BCUT2D eigenvalue weighted by Gasteiger charge is 2.21. The Morgan fingerprint density at radius 1 is 0.881 bits per heavy atom. The van der Waals surface area contributed by atoms with E-state index in [-0.39, 0.29) is 18.2 Å². The first-order valence-corrected chi connectivity index (χ1v) is 16.4. The largest absolute Gasteiger partial charge is 0.494 e. The van der Waals surface area contributed by atoms with Crippen LogP contribution in [-0.2, 0) is 10.0 Å². The Labute approximate surface area is 256 Å². The number of unbranched alkanes of at least 4 members (excludes halogenated alkanes) is 2. The van der Waals surface area contributed by atoms with E-state index in [1.807, 2.05) is 52.9 Å². The van der Waals surface area contributed by atoms with Crippen molar-refractivity contribution in [3.05, 3.63) is 90.3 Å². The number of carbonyl (C=O) groups is 1. The van der Waals surface area contributed by atoms with Crippen LogP contribution < -0.4 is 9.46 Å². The van der Waals surface area contributed by atoms with Gasteiger partial charge in [-0.25, -0.2) is 8.42 Å². The molecular weight excluding hydrogens is 570 g/mol. The second-order valence-electron chi connectivity index (χ2n) is 10.5. The number of ketones is 1. The van der Waals surface area contributed by atoms with Crippen LogP contribution in [0, 0.1) is 0 Å². The van der Waals surface area contributed by atoms with Crippen LogP contribution in [0.5, 0.6) is 5.75 Å². The molecule has 0 fully saturated rings. The Balaban J connectivity index is 0.00000484. The van der Waals surface area contributed by atoms with Crippen molar-refractivity contribution in [3.63, 3.8) is 0 Å². The maximum Gasteiger partial charge on any atom is 0.229 e. The fourth-order valence-corrected chi connectivity index (χ4v) is 5.50. The van der Waals surface area contributed by atoms with Gasteiger partial charge in [0.05, 0.1) is 18.6 Å². The predicted octanol–water partition coefficient (Wildman–Crippen LogP) is 7.30. The van der Waals surface area contributed by atoms with Gasteiger partial charge in [-0.1, -0.05) is 57.0 Å². The fraction of sp³-hybridized carbons (Fsp3) is 0.364. The van der Waals surface area contributed by atoms with Crippen LogP contribution in [0.1, 0.15) is 62.0 Å². The number of pyridine rings is 1. The molecule has 0 unspecified atom stereocenters. The molecular formula is C33H42ClN3O4S. The number of sulfonamides is 1. The minimum atomic E-state index is -3.43. The van der Waals surface area contributed by atoms with E-state index < -0.39 is 10.0 Å². The van der Waals surface area contributed by atoms with Crippen LogP contribution in [0.4, 0.5) is 5.69 Å². The Kier molecular flexibility index (Phi) is 12.5. The first-order valence-electron chi connectivity index (χ1n) is 14.5. The zero-order valence-corrected chi connectivity index (χ0v) is 26.3. The SMILES string of the molecule is CCCCN(CCCC)CCCOc1ccc(C(=O)c2c(-c3ccccc3)cc3cc(NS(C)(=O)=O)ccn23)cc1.Cl. The van der Waals surface area contributed by atoms with E-state index in [9.17, 15) is 13.2 Å². The predicted molar refractivity (Wildman–Crippen MR) is 175 cm³/mol. The lowest BCUT2D eigenvalue weighted by atomic mass is 10.0. The Morgan fingerprint density at radius 3 is 2.14 bits per heavy atom. The molecule has 0 aliphatic carbocycles. The van der Waals surface area contributed by atoms with E-state index in [2.05, 4.69) is 23.5 Å². The fourth-order valence-electron chi connectivity index (χ4n) is 4.94. The highest BCUT2D eigenvalue weighted by atomic mass is 35.5. The van der Waals surface area contributed by atoms with E-state index in [0.29, 0.717) is 29.1 Å². The number of rotatable bonds is 16. The third kappa shape index (κ3) is 9.08. The molecule has 4 aromatic rings. The van der Waals surface area contributed by atoms with Crippen LogP contribution in [-0.4, -0.2) is 56.0 Å². The van der Waals surface area contributed by atoms with Crippen molar-refractivity contribution in [2.24, 2.45) is 0 Å². The molecule has 2 aromatic carbocycles. The van der Waals surface area contributed by atoms with Crippen molar-refractivity contribution in [2.75, 3.05) is 37.2 Å². The number of nitrogens with zero attached hydrogens (tertiary/aromatic N) is 2. The molecule has 0 amide bonds. The van der Waals surface area contributed by atoms with Crippen molar-refractivity contribution in [1.82, 2.24) is 9.30 Å². The highest BCUT2D eigenvalue weighted by Crippen LogP contribution is 2.31. The van der Waals surface area contributed by atoms with Crippen LogP contribution in [0.3, 0.4) is 0 Å². The molecule has 0 radical (unpaired) electrons. The van der Waals surface area contributed by atoms with Crippen LogP contribution >= 0.6 is 12.4 Å². The third-order valence-corrected chi connectivity index (χ3v) is 7.64. The number of anilines is 1. The lowest BCUT2D eigenvalue weighted by Gasteiger charge is -2.21. The average molecular weight is 612 g/mol. The van der Waals surface area contributed by atoms with Crippen LogP contribution in [0.2, 0.25) is 0 Å². The summed E-state index contributed by atoms with van der Waals surface area (Å²) in [6.07, 6.45) is 8.66. The molecule has 2 aromatic heterocycles. The molecule has 7 nitrogen and oxygen atoms in total. The normalized spacial score (nSPS) is 11.4. The third-order valence-electron chi connectivity index (χ3n) is 7.04. The number of ether oxygens (including phenoxy) is 1. The van der Waals surface area contributed by atoms with E-state index >= 15 is 0 Å². The molecule has 226 valence electrons. The van der Waals surface area contributed by atoms with Crippen molar-refractivity contribution in [1.29, 1.82) is 0 Å². The van der Waals surface area contributed by atoms with Gasteiger partial charge in [0.15, 0.2) is 0 Å². The quantitative estimate of drug-likeness (QED) is 0.106. The van der Waals surface area contributed by atoms with Gasteiger partial charge >= 0.3 is 0 Å². The minimum absolute atomic E-state index is 0. The second kappa shape index (κ2) is 15.8. The molecule has 42 heavy (non-hydrogen) atoms.